The zero-order chi connectivity index (χ0) is 23.0. The van der Waals surface area contributed by atoms with E-state index in [1.165, 1.54) is 4.90 Å². The molecule has 164 valence electrons. The van der Waals surface area contributed by atoms with E-state index >= 15 is 0 Å². The Hall–Kier alpha value is -3.80. The number of imide groups is 1. The molecule has 1 N–H and O–H groups in total. The second-order valence-corrected chi connectivity index (χ2v) is 8.44. The van der Waals surface area contributed by atoms with E-state index in [4.69, 9.17) is 0 Å². The molecule has 1 aliphatic rings. The Morgan fingerprint density at radius 3 is 2.34 bits per heavy atom. The maximum atomic E-state index is 12.9. The van der Waals surface area contributed by atoms with Gasteiger partial charge in [0.2, 0.25) is 0 Å². The van der Waals surface area contributed by atoms with Gasteiger partial charge in [-0.3, -0.25) is 9.69 Å². The van der Waals surface area contributed by atoms with Crippen LogP contribution in [-0.2, 0) is 11.3 Å². The summed E-state index contributed by atoms with van der Waals surface area (Å²) in [5.74, 6) is -0.309. The van der Waals surface area contributed by atoms with Crippen LogP contribution in [0.2, 0.25) is 0 Å². The smallest absolute Gasteiger partial charge is 0.329 e. The summed E-state index contributed by atoms with van der Waals surface area (Å²) in [5.41, 5.74) is 7.47. The summed E-state index contributed by atoms with van der Waals surface area (Å²) in [6, 6.07) is 17.8. The summed E-state index contributed by atoms with van der Waals surface area (Å²) >= 11 is 0. The predicted molar refractivity (Wildman–Crippen MR) is 128 cm³/mol. The van der Waals surface area contributed by atoms with Gasteiger partial charge >= 0.3 is 6.03 Å². The molecule has 3 aromatic rings. The lowest BCUT2D eigenvalue weighted by Gasteiger charge is -2.15. The fourth-order valence-electron chi connectivity index (χ4n) is 4.09. The number of aryl methyl sites for hydroxylation is 2. The SMILES string of the molecule is Cc1cccc(CN2C(=O)NC(=Cc3cc(C)n(-c4ccc(N(C)C)cc4)c3C)C2=O)c1. The first-order valence-electron chi connectivity index (χ1n) is 10.6. The highest BCUT2D eigenvalue weighted by molar-refractivity contribution is 6.14. The van der Waals surface area contributed by atoms with Crippen molar-refractivity contribution >= 4 is 23.7 Å². The van der Waals surface area contributed by atoms with Gasteiger partial charge in [-0.05, 0) is 68.3 Å². The molecule has 1 fully saturated rings. The Labute approximate surface area is 188 Å². The molecular formula is C26H28N4O2. The zero-order valence-electron chi connectivity index (χ0n) is 19.1. The average molecular weight is 429 g/mol. The second-order valence-electron chi connectivity index (χ2n) is 8.44. The Balaban J connectivity index is 1.61. The number of benzene rings is 2. The van der Waals surface area contributed by atoms with Crippen molar-refractivity contribution in [3.63, 3.8) is 0 Å². The van der Waals surface area contributed by atoms with Crippen LogP contribution in [0, 0.1) is 20.8 Å². The van der Waals surface area contributed by atoms with Crippen LogP contribution in [0.5, 0.6) is 0 Å². The summed E-state index contributed by atoms with van der Waals surface area (Å²) in [4.78, 5) is 28.7. The number of aromatic nitrogens is 1. The summed E-state index contributed by atoms with van der Waals surface area (Å²) < 4.78 is 2.15. The lowest BCUT2D eigenvalue weighted by molar-refractivity contribution is -0.123. The van der Waals surface area contributed by atoms with Crippen molar-refractivity contribution in [2.24, 2.45) is 0 Å². The normalized spacial score (nSPS) is 14.9. The largest absolute Gasteiger partial charge is 0.378 e. The summed E-state index contributed by atoms with van der Waals surface area (Å²) in [6.07, 6.45) is 1.77. The van der Waals surface area contributed by atoms with Crippen molar-refractivity contribution in [2.45, 2.75) is 27.3 Å². The van der Waals surface area contributed by atoms with Gasteiger partial charge < -0.3 is 14.8 Å². The molecule has 4 rings (SSSR count). The Morgan fingerprint density at radius 1 is 0.969 bits per heavy atom. The standard InChI is InChI=1S/C26H28N4O2/c1-17-7-6-8-20(13-17)16-29-25(31)24(27-26(29)32)15-21-14-18(2)30(19(21)3)23-11-9-22(10-12-23)28(4)5/h6-15H,16H2,1-5H3,(H,27,32). The van der Waals surface area contributed by atoms with Crippen molar-refractivity contribution in [1.82, 2.24) is 14.8 Å². The molecule has 0 saturated carbocycles. The lowest BCUT2D eigenvalue weighted by atomic mass is 10.1. The van der Waals surface area contributed by atoms with E-state index in [1.807, 2.05) is 65.2 Å². The van der Waals surface area contributed by atoms with Gasteiger partial charge in [0.15, 0.2) is 0 Å². The van der Waals surface area contributed by atoms with Crippen molar-refractivity contribution in [1.29, 1.82) is 0 Å². The molecule has 32 heavy (non-hydrogen) atoms. The first kappa shape index (κ1) is 21.4. The van der Waals surface area contributed by atoms with Crippen LogP contribution >= 0.6 is 0 Å². The Bertz CT molecular complexity index is 1220. The van der Waals surface area contributed by atoms with E-state index in [0.717, 1.165) is 39.5 Å². The summed E-state index contributed by atoms with van der Waals surface area (Å²) in [6.45, 7) is 6.30. The molecule has 0 bridgehead atoms. The number of nitrogens with one attached hydrogen (secondary N) is 1. The number of carbonyl (C=O) groups is 2. The van der Waals surface area contributed by atoms with Crippen molar-refractivity contribution in [2.75, 3.05) is 19.0 Å². The molecular weight excluding hydrogens is 400 g/mol. The number of urea groups is 1. The van der Waals surface area contributed by atoms with Crippen molar-refractivity contribution < 1.29 is 9.59 Å². The number of nitrogens with zero attached hydrogens (tertiary/aromatic N) is 3. The van der Waals surface area contributed by atoms with Gasteiger partial charge in [-0.1, -0.05) is 29.8 Å². The van der Waals surface area contributed by atoms with E-state index in [9.17, 15) is 9.59 Å². The molecule has 0 spiro atoms. The summed E-state index contributed by atoms with van der Waals surface area (Å²) in [7, 11) is 4.03. The topological polar surface area (TPSA) is 57.6 Å². The maximum absolute atomic E-state index is 12.9. The first-order valence-corrected chi connectivity index (χ1v) is 10.6. The second kappa shape index (κ2) is 8.38. The number of anilines is 1. The molecule has 1 aromatic heterocycles. The van der Waals surface area contributed by atoms with Crippen LogP contribution in [0.25, 0.3) is 11.8 Å². The van der Waals surface area contributed by atoms with Gasteiger partial charge in [0.25, 0.3) is 5.91 Å². The number of amides is 3. The van der Waals surface area contributed by atoms with E-state index in [2.05, 4.69) is 39.0 Å². The third-order valence-electron chi connectivity index (χ3n) is 5.78. The minimum absolute atomic E-state index is 0.251. The van der Waals surface area contributed by atoms with Crippen LogP contribution in [0.15, 0.2) is 60.3 Å². The summed E-state index contributed by atoms with van der Waals surface area (Å²) in [5, 5.41) is 2.74. The van der Waals surface area contributed by atoms with Crippen molar-refractivity contribution in [3.05, 3.63) is 88.4 Å². The molecule has 1 saturated heterocycles. The number of rotatable bonds is 5. The maximum Gasteiger partial charge on any atom is 0.329 e. The van der Waals surface area contributed by atoms with Crippen LogP contribution < -0.4 is 10.2 Å². The molecule has 0 unspecified atom stereocenters. The third-order valence-corrected chi connectivity index (χ3v) is 5.78. The minimum atomic E-state index is -0.393. The molecule has 6 heteroatoms. The number of hydrogen-bond acceptors (Lipinski definition) is 3. The molecule has 2 aromatic carbocycles. The van der Waals surface area contributed by atoms with Crippen molar-refractivity contribution in [3.8, 4) is 5.69 Å². The molecule has 1 aliphatic heterocycles. The van der Waals surface area contributed by atoms with Gasteiger partial charge in [0, 0.05) is 36.9 Å². The molecule has 0 aliphatic carbocycles. The van der Waals surface area contributed by atoms with Gasteiger partial charge in [-0.2, -0.15) is 0 Å². The molecule has 3 amide bonds. The zero-order valence-corrected chi connectivity index (χ0v) is 19.1. The fourth-order valence-corrected chi connectivity index (χ4v) is 4.09. The molecule has 6 nitrogen and oxygen atoms in total. The van der Waals surface area contributed by atoms with Crippen LogP contribution in [0.1, 0.15) is 28.1 Å². The molecule has 0 atom stereocenters. The first-order chi connectivity index (χ1) is 15.2. The van der Waals surface area contributed by atoms with E-state index in [1.54, 1.807) is 6.08 Å². The molecule has 0 radical (unpaired) electrons. The Kier molecular flexibility index (Phi) is 5.61. The van der Waals surface area contributed by atoms with Gasteiger partial charge in [0.1, 0.15) is 5.70 Å². The number of hydrogen-bond donors (Lipinski definition) is 1. The van der Waals surface area contributed by atoms with Gasteiger partial charge in [-0.15, -0.1) is 0 Å². The van der Waals surface area contributed by atoms with Crippen LogP contribution in [-0.4, -0.2) is 35.5 Å². The number of carbonyl (C=O) groups excluding carboxylic acids is 2. The van der Waals surface area contributed by atoms with Crippen LogP contribution in [0.3, 0.4) is 0 Å². The third kappa shape index (κ3) is 4.04. The highest BCUT2D eigenvalue weighted by atomic mass is 16.2. The van der Waals surface area contributed by atoms with E-state index in [-0.39, 0.29) is 12.5 Å². The predicted octanol–water partition coefficient (Wildman–Crippen LogP) is 4.56. The lowest BCUT2D eigenvalue weighted by Crippen LogP contribution is -2.30. The highest BCUT2D eigenvalue weighted by Crippen LogP contribution is 2.25. The highest BCUT2D eigenvalue weighted by Gasteiger charge is 2.33. The average Bonchev–Trinajstić information content (AvgIpc) is 3.17. The van der Waals surface area contributed by atoms with Gasteiger partial charge in [-0.25, -0.2) is 4.79 Å². The Morgan fingerprint density at radius 2 is 1.69 bits per heavy atom. The quantitative estimate of drug-likeness (QED) is 0.479. The molecule has 2 heterocycles. The van der Waals surface area contributed by atoms with E-state index in [0.29, 0.717) is 5.70 Å². The van der Waals surface area contributed by atoms with Crippen LogP contribution in [0.4, 0.5) is 10.5 Å². The van der Waals surface area contributed by atoms with E-state index < -0.39 is 6.03 Å². The van der Waals surface area contributed by atoms with Gasteiger partial charge in [0.05, 0.1) is 6.54 Å². The monoisotopic (exact) mass is 428 g/mol. The minimum Gasteiger partial charge on any atom is -0.378 e. The fraction of sp³-hybridized carbons (Fsp3) is 0.231.